The summed E-state index contributed by atoms with van der Waals surface area (Å²) in [6.07, 6.45) is 6.97. The van der Waals surface area contributed by atoms with Crippen LogP contribution in [-0.2, 0) is 4.79 Å². The number of rotatable bonds is 3. The van der Waals surface area contributed by atoms with Crippen LogP contribution in [0.2, 0.25) is 0 Å². The molecule has 2 bridgehead atoms. The van der Waals surface area contributed by atoms with Crippen molar-refractivity contribution in [2.75, 3.05) is 42.9 Å². The van der Waals surface area contributed by atoms with Crippen molar-refractivity contribution in [2.24, 2.45) is 5.41 Å². The van der Waals surface area contributed by atoms with Crippen molar-refractivity contribution in [1.82, 2.24) is 4.90 Å². The van der Waals surface area contributed by atoms with E-state index >= 15 is 0 Å². The van der Waals surface area contributed by atoms with E-state index in [0.717, 1.165) is 51.0 Å². The molecular formula is C19H27N3O. The van der Waals surface area contributed by atoms with Crippen LogP contribution in [0.15, 0.2) is 24.3 Å². The van der Waals surface area contributed by atoms with Crippen molar-refractivity contribution in [3.8, 4) is 0 Å². The van der Waals surface area contributed by atoms with Crippen molar-refractivity contribution in [1.29, 1.82) is 0 Å². The second kappa shape index (κ2) is 6.16. The van der Waals surface area contributed by atoms with E-state index in [1.165, 1.54) is 31.6 Å². The van der Waals surface area contributed by atoms with Crippen molar-refractivity contribution in [3.05, 3.63) is 24.3 Å². The molecule has 1 N–H and O–H groups in total. The van der Waals surface area contributed by atoms with Crippen molar-refractivity contribution < 1.29 is 4.79 Å². The van der Waals surface area contributed by atoms with Crippen LogP contribution in [0.3, 0.4) is 0 Å². The number of hydrogen-bond acceptors (Lipinski definition) is 3. The smallest absolute Gasteiger partial charge is 0.231 e. The van der Waals surface area contributed by atoms with Gasteiger partial charge in [-0.05, 0) is 75.9 Å². The Morgan fingerprint density at radius 3 is 2.22 bits per heavy atom. The summed E-state index contributed by atoms with van der Waals surface area (Å²) in [7, 11) is 0. The molecule has 1 aromatic carbocycles. The third-order valence-corrected chi connectivity index (χ3v) is 5.86. The van der Waals surface area contributed by atoms with Crippen LogP contribution in [0.1, 0.15) is 38.5 Å². The summed E-state index contributed by atoms with van der Waals surface area (Å²) in [5.74, 6) is 0.232. The van der Waals surface area contributed by atoms with Crippen LogP contribution in [-0.4, -0.2) is 43.5 Å². The van der Waals surface area contributed by atoms with Crippen molar-refractivity contribution in [3.63, 3.8) is 0 Å². The van der Waals surface area contributed by atoms with Gasteiger partial charge in [-0.2, -0.15) is 0 Å². The lowest BCUT2D eigenvalue weighted by Gasteiger charge is -2.45. The summed E-state index contributed by atoms with van der Waals surface area (Å²) < 4.78 is 0. The Kier molecular flexibility index (Phi) is 4.02. The number of piperidine rings is 2. The molecule has 124 valence electrons. The largest absolute Gasteiger partial charge is 0.372 e. The number of anilines is 2. The van der Waals surface area contributed by atoms with E-state index in [4.69, 9.17) is 0 Å². The Morgan fingerprint density at radius 2 is 1.57 bits per heavy atom. The first-order valence-electron chi connectivity index (χ1n) is 9.14. The molecule has 3 saturated heterocycles. The number of nitrogens with zero attached hydrogens (tertiary/aromatic N) is 2. The topological polar surface area (TPSA) is 35.6 Å². The molecule has 1 aromatic rings. The predicted molar refractivity (Wildman–Crippen MR) is 93.9 cm³/mol. The molecule has 0 saturated carbocycles. The third kappa shape index (κ3) is 2.97. The fourth-order valence-corrected chi connectivity index (χ4v) is 4.56. The summed E-state index contributed by atoms with van der Waals surface area (Å²) >= 11 is 0. The van der Waals surface area contributed by atoms with Gasteiger partial charge in [0.1, 0.15) is 0 Å². The fraction of sp³-hybridized carbons (Fsp3) is 0.632. The van der Waals surface area contributed by atoms with Crippen LogP contribution in [0, 0.1) is 5.41 Å². The van der Waals surface area contributed by atoms with E-state index in [2.05, 4.69) is 39.4 Å². The molecule has 0 atom stereocenters. The molecule has 23 heavy (non-hydrogen) atoms. The number of amides is 1. The molecule has 0 aliphatic carbocycles. The molecule has 4 heteroatoms. The van der Waals surface area contributed by atoms with Gasteiger partial charge in [0.05, 0.1) is 5.41 Å². The first-order chi connectivity index (χ1) is 11.3. The number of fused-ring (bicyclic) bond motifs is 2. The van der Waals surface area contributed by atoms with Gasteiger partial charge in [-0.3, -0.25) is 4.79 Å². The minimum atomic E-state index is -0.149. The molecule has 0 radical (unpaired) electrons. The minimum Gasteiger partial charge on any atom is -0.372 e. The lowest BCUT2D eigenvalue weighted by molar-refractivity contribution is -0.131. The average Bonchev–Trinajstić information content (AvgIpc) is 3.10. The van der Waals surface area contributed by atoms with Crippen LogP contribution >= 0.6 is 0 Å². The van der Waals surface area contributed by atoms with E-state index in [1.54, 1.807) is 0 Å². The zero-order valence-corrected chi connectivity index (χ0v) is 13.9. The average molecular weight is 313 g/mol. The van der Waals surface area contributed by atoms with Gasteiger partial charge in [0, 0.05) is 31.0 Å². The van der Waals surface area contributed by atoms with Gasteiger partial charge in [0.25, 0.3) is 0 Å². The molecule has 0 aromatic heterocycles. The highest BCUT2D eigenvalue weighted by atomic mass is 16.2. The Morgan fingerprint density at radius 1 is 0.913 bits per heavy atom. The summed E-state index contributed by atoms with van der Waals surface area (Å²) in [6.45, 7) is 5.60. The highest BCUT2D eigenvalue weighted by Crippen LogP contribution is 2.39. The van der Waals surface area contributed by atoms with Crippen molar-refractivity contribution >= 4 is 17.3 Å². The van der Waals surface area contributed by atoms with Gasteiger partial charge in [-0.1, -0.05) is 0 Å². The molecule has 1 amide bonds. The predicted octanol–water partition coefficient (Wildman–Crippen LogP) is 3.10. The molecule has 3 heterocycles. The monoisotopic (exact) mass is 313 g/mol. The molecule has 3 aliphatic heterocycles. The van der Waals surface area contributed by atoms with Gasteiger partial charge in [-0.25, -0.2) is 0 Å². The van der Waals surface area contributed by atoms with Gasteiger partial charge >= 0.3 is 0 Å². The number of hydrogen-bond donors (Lipinski definition) is 1. The number of carbonyl (C=O) groups excluding carboxylic acids is 1. The SMILES string of the molecule is O=C(Nc1ccc(N2CCCC2)cc1)C12CCCN(CCC1)C2. The number of nitrogens with one attached hydrogen (secondary N) is 1. The Labute approximate surface area is 138 Å². The summed E-state index contributed by atoms with van der Waals surface area (Å²) in [5.41, 5.74) is 2.07. The summed E-state index contributed by atoms with van der Waals surface area (Å²) in [6, 6.07) is 8.41. The maximum absolute atomic E-state index is 12.9. The van der Waals surface area contributed by atoms with E-state index in [1.807, 2.05) is 0 Å². The van der Waals surface area contributed by atoms with Crippen LogP contribution in [0.25, 0.3) is 0 Å². The van der Waals surface area contributed by atoms with Gasteiger partial charge in [-0.15, -0.1) is 0 Å². The molecule has 0 unspecified atom stereocenters. The second-order valence-electron chi connectivity index (χ2n) is 7.46. The maximum Gasteiger partial charge on any atom is 0.231 e. The van der Waals surface area contributed by atoms with Gasteiger partial charge < -0.3 is 15.1 Å². The lowest BCUT2D eigenvalue weighted by Crippen LogP contribution is -2.53. The van der Waals surface area contributed by atoms with Gasteiger partial charge in [0.2, 0.25) is 5.91 Å². The van der Waals surface area contributed by atoms with Crippen LogP contribution in [0.5, 0.6) is 0 Å². The summed E-state index contributed by atoms with van der Waals surface area (Å²) in [4.78, 5) is 17.8. The highest BCUT2D eigenvalue weighted by molar-refractivity contribution is 5.95. The number of benzene rings is 1. The maximum atomic E-state index is 12.9. The van der Waals surface area contributed by atoms with Crippen molar-refractivity contribution in [2.45, 2.75) is 38.5 Å². The second-order valence-corrected chi connectivity index (χ2v) is 7.46. The first kappa shape index (κ1) is 15.0. The van der Waals surface area contributed by atoms with Crippen LogP contribution < -0.4 is 10.2 Å². The number of carbonyl (C=O) groups is 1. The Balaban J connectivity index is 1.43. The van der Waals surface area contributed by atoms with E-state index in [0.29, 0.717) is 0 Å². The Bertz CT molecular complexity index is 552. The zero-order valence-electron chi connectivity index (χ0n) is 13.9. The zero-order chi connectivity index (χ0) is 15.7. The Hall–Kier alpha value is -1.55. The fourth-order valence-electron chi connectivity index (χ4n) is 4.56. The molecule has 3 fully saturated rings. The quantitative estimate of drug-likeness (QED) is 0.931. The minimum absolute atomic E-state index is 0.149. The molecular weight excluding hydrogens is 286 g/mol. The lowest BCUT2D eigenvalue weighted by atomic mass is 9.73. The molecule has 0 spiro atoms. The molecule has 4 rings (SSSR count). The van der Waals surface area contributed by atoms with E-state index in [9.17, 15) is 4.79 Å². The van der Waals surface area contributed by atoms with Gasteiger partial charge in [0.15, 0.2) is 0 Å². The van der Waals surface area contributed by atoms with E-state index in [-0.39, 0.29) is 11.3 Å². The molecule has 4 nitrogen and oxygen atoms in total. The molecule has 3 aliphatic rings. The third-order valence-electron chi connectivity index (χ3n) is 5.86. The highest BCUT2D eigenvalue weighted by Gasteiger charge is 2.44. The van der Waals surface area contributed by atoms with E-state index < -0.39 is 0 Å². The summed E-state index contributed by atoms with van der Waals surface area (Å²) in [5, 5.41) is 3.19. The first-order valence-corrected chi connectivity index (χ1v) is 9.14. The normalized spacial score (nSPS) is 30.3. The standard InChI is InChI=1S/C19H27N3O/c23-18(19-9-3-11-21(15-19)12-4-10-19)20-16-5-7-17(8-6-16)22-13-1-2-14-22/h5-8H,1-4,9-15H2,(H,20,23). The van der Waals surface area contributed by atoms with Crippen LogP contribution in [0.4, 0.5) is 11.4 Å².